The Morgan fingerprint density at radius 1 is 1.50 bits per heavy atom. The Bertz CT molecular complexity index is 29.0. The van der Waals surface area contributed by atoms with Crippen LogP contribution in [0.2, 0.25) is 0 Å². The molecule has 4 heavy (non-hydrogen) atoms. The molecule has 0 radical (unpaired) electrons. The molecule has 0 aliphatic heterocycles. The first kappa shape index (κ1) is 5.27. The molecule has 24 valence electrons. The fourth-order valence-corrected chi connectivity index (χ4v) is 0. The van der Waals surface area contributed by atoms with E-state index in [0.717, 1.165) is 0 Å². The first-order valence-corrected chi connectivity index (χ1v) is 6.91. The van der Waals surface area contributed by atoms with Crippen LogP contribution in [0.25, 0.3) is 0 Å². The molecule has 0 saturated carbocycles. The van der Waals surface area contributed by atoms with E-state index in [9.17, 15) is 4.79 Å². The summed E-state index contributed by atoms with van der Waals surface area (Å²) in [4.78, 5) is 9.63. The van der Waals surface area contributed by atoms with Crippen molar-refractivity contribution in [2.75, 3.05) is 0 Å². The van der Waals surface area contributed by atoms with Crippen molar-refractivity contribution in [3.05, 3.63) is 0 Å². The van der Waals surface area contributed by atoms with Crippen LogP contribution < -0.4 is 0 Å². The van der Waals surface area contributed by atoms with Gasteiger partial charge in [-0.15, -0.1) is 0 Å². The summed E-state index contributed by atoms with van der Waals surface area (Å²) in [5.74, 6) is 0. The molecule has 0 N–H and O–H groups in total. The van der Waals surface area contributed by atoms with Crippen molar-refractivity contribution in [2.45, 2.75) is 0 Å². The van der Waals surface area contributed by atoms with Crippen molar-refractivity contribution in [1.82, 2.24) is 0 Å². The van der Waals surface area contributed by atoms with Gasteiger partial charge in [-0.1, -0.05) is 0 Å². The van der Waals surface area contributed by atoms with E-state index >= 15 is 0 Å². The maximum absolute atomic E-state index is 9.63. The van der Waals surface area contributed by atoms with Crippen LogP contribution in [0.15, 0.2) is 0 Å². The molecule has 0 bridgehead atoms. The predicted molar refractivity (Wildman–Crippen MR) is 25.3 cm³/mol. The van der Waals surface area contributed by atoms with Crippen LogP contribution >= 0.6 is 0 Å². The summed E-state index contributed by atoms with van der Waals surface area (Å²) in [7, 11) is 0. The van der Waals surface area contributed by atoms with Gasteiger partial charge in [0.15, 0.2) is 0 Å². The molecule has 0 unspecified atom stereocenters. The van der Waals surface area contributed by atoms with Gasteiger partial charge in [-0.05, 0) is 0 Å². The van der Waals surface area contributed by atoms with Crippen LogP contribution in [0.4, 0.5) is 4.79 Å². The summed E-state index contributed by atoms with van der Waals surface area (Å²) in [6.07, 6.45) is 0. The zero-order valence-electron chi connectivity index (χ0n) is 2.91. The van der Waals surface area contributed by atoms with Gasteiger partial charge in [-0.25, -0.2) is 0 Å². The second kappa shape index (κ2) is 2.50. The third-order valence-corrected chi connectivity index (χ3v) is 0. The quantitative estimate of drug-likeness (QED) is 0.459. The van der Waals surface area contributed by atoms with Gasteiger partial charge in [0, 0.05) is 0 Å². The van der Waals surface area contributed by atoms with Gasteiger partial charge in [0.05, 0.1) is 0 Å². The number of carbonyl (C=O) groups excluding carboxylic acids is 1. The van der Waals surface area contributed by atoms with Crippen LogP contribution in [-0.2, 0) is 0 Å². The van der Waals surface area contributed by atoms with Crippen molar-refractivity contribution >= 4 is 46.9 Å². The molecule has 0 amide bonds. The SMILES string of the molecule is O=[C]([SnH3])[SnH3]. The average molecular weight is 271 g/mol. The maximum atomic E-state index is 9.63. The first-order chi connectivity index (χ1) is 1.73. The van der Waals surface area contributed by atoms with Crippen molar-refractivity contribution in [3.63, 3.8) is 0 Å². The van der Waals surface area contributed by atoms with Crippen LogP contribution in [0.5, 0.6) is 0 Å². The van der Waals surface area contributed by atoms with Crippen LogP contribution in [0, 0.1) is 0 Å². The van der Waals surface area contributed by atoms with E-state index in [2.05, 4.69) is 0 Å². The second-order valence-corrected chi connectivity index (χ2v) is 25.2. The molecule has 0 spiro atoms. The first-order valence-electron chi connectivity index (χ1n) is 1.20. The van der Waals surface area contributed by atoms with Crippen molar-refractivity contribution in [3.8, 4) is 0 Å². The third-order valence-electron chi connectivity index (χ3n) is 0. The number of hydrogen-bond donors (Lipinski definition) is 0. The van der Waals surface area contributed by atoms with Gasteiger partial charge in [0.2, 0.25) is 0 Å². The minimum atomic E-state index is 0.384. The van der Waals surface area contributed by atoms with Crippen LogP contribution in [0.1, 0.15) is 0 Å². The molecule has 0 aliphatic rings. The zero-order chi connectivity index (χ0) is 3.58. The van der Waals surface area contributed by atoms with Gasteiger partial charge < -0.3 is 0 Å². The van der Waals surface area contributed by atoms with Gasteiger partial charge in [0.25, 0.3) is 0 Å². The fraction of sp³-hybridized carbons (Fsp3) is 0. The summed E-state index contributed by atoms with van der Waals surface area (Å²) in [6.45, 7) is 0. The van der Waals surface area contributed by atoms with E-state index in [4.69, 9.17) is 0 Å². The normalized spacial score (nSPS) is 8.00. The zero-order valence-corrected chi connectivity index (χ0v) is 14.3. The Kier molecular flexibility index (Phi) is 3.29. The minimum absolute atomic E-state index is 0.384. The van der Waals surface area contributed by atoms with E-state index in [1.165, 1.54) is 0 Å². The van der Waals surface area contributed by atoms with Gasteiger partial charge >= 0.3 is 51.7 Å². The predicted octanol–water partition coefficient (Wildman–Crippen LogP) is -2.16. The molecule has 3 heteroatoms. The average Bonchev–Trinajstić information content (AvgIpc) is 0.811. The molecule has 0 aromatic carbocycles. The number of rotatable bonds is 0. The van der Waals surface area contributed by atoms with Crippen molar-refractivity contribution < 1.29 is 4.79 Å². The van der Waals surface area contributed by atoms with Crippen LogP contribution in [0.3, 0.4) is 0 Å². The van der Waals surface area contributed by atoms with E-state index in [0.29, 0.717) is 46.9 Å². The molecular weight excluding hydrogens is 265 g/mol. The molecular formula is CH6OSn2. The molecule has 0 atom stereocenters. The third kappa shape index (κ3) is 10.5. The molecule has 0 aromatic heterocycles. The monoisotopic (exact) mass is 274 g/mol. The summed E-state index contributed by atoms with van der Waals surface area (Å²) < 4.78 is 0.587. The Hall–Kier alpha value is 1.27. The Morgan fingerprint density at radius 3 is 1.50 bits per heavy atom. The molecule has 0 fully saturated rings. The Balaban J connectivity index is 2.80. The molecule has 0 heterocycles. The molecule has 0 saturated heterocycles. The molecule has 1 nitrogen and oxygen atoms in total. The number of carbonyl (C=O) groups is 1. The summed E-state index contributed by atoms with van der Waals surface area (Å²) in [5.41, 5.74) is 0. The summed E-state index contributed by atoms with van der Waals surface area (Å²) in [6, 6.07) is 0. The summed E-state index contributed by atoms with van der Waals surface area (Å²) >= 11 is 0.769. The van der Waals surface area contributed by atoms with Gasteiger partial charge in [-0.2, -0.15) is 0 Å². The van der Waals surface area contributed by atoms with Crippen LogP contribution in [-0.4, -0.2) is 46.9 Å². The van der Waals surface area contributed by atoms with E-state index in [1.54, 1.807) is 0 Å². The Morgan fingerprint density at radius 2 is 1.50 bits per heavy atom. The van der Waals surface area contributed by atoms with Gasteiger partial charge in [-0.3, -0.25) is 0 Å². The van der Waals surface area contributed by atoms with E-state index in [1.807, 2.05) is 0 Å². The standard InChI is InChI=1S/CO.2Sn.6H/c1-2;;;;;;;;. The topological polar surface area (TPSA) is 17.1 Å². The fourth-order valence-electron chi connectivity index (χ4n) is 0. The van der Waals surface area contributed by atoms with Crippen molar-refractivity contribution in [2.24, 2.45) is 0 Å². The Labute approximate surface area is 51.3 Å². The molecule has 0 aliphatic carbocycles. The number of hydrogen-bond acceptors (Lipinski definition) is 1. The summed E-state index contributed by atoms with van der Waals surface area (Å²) in [5, 5.41) is 0. The van der Waals surface area contributed by atoms with E-state index in [-0.39, 0.29) is 0 Å². The second-order valence-electron chi connectivity index (χ2n) is 0.908. The molecule has 0 aromatic rings. The van der Waals surface area contributed by atoms with E-state index < -0.39 is 0 Å². The molecule has 0 rings (SSSR count). The van der Waals surface area contributed by atoms with Gasteiger partial charge in [0.1, 0.15) is 0 Å². The van der Waals surface area contributed by atoms with Crippen molar-refractivity contribution in [1.29, 1.82) is 0 Å².